The molecule has 5 heteroatoms. The van der Waals surface area contributed by atoms with Gasteiger partial charge in [-0.1, -0.05) is 24.7 Å². The maximum Gasteiger partial charge on any atom is 0.203 e. The third-order valence-electron chi connectivity index (χ3n) is 2.91. The molecule has 0 aliphatic carbocycles. The maximum absolute atomic E-state index is 5.55. The van der Waals surface area contributed by atoms with Crippen molar-refractivity contribution in [2.75, 3.05) is 18.8 Å². The zero-order valence-electron chi connectivity index (χ0n) is 9.15. The van der Waals surface area contributed by atoms with E-state index in [0.29, 0.717) is 5.13 Å². The summed E-state index contributed by atoms with van der Waals surface area (Å²) in [5.74, 6) is 0.889. The van der Waals surface area contributed by atoms with Crippen LogP contribution in [0.25, 0.3) is 0 Å². The van der Waals surface area contributed by atoms with E-state index in [-0.39, 0.29) is 0 Å². The Hall–Kier alpha value is -0.680. The summed E-state index contributed by atoms with van der Waals surface area (Å²) in [4.78, 5) is 2.46. The Morgan fingerprint density at radius 2 is 2.40 bits per heavy atom. The van der Waals surface area contributed by atoms with Gasteiger partial charge in [0.15, 0.2) is 0 Å². The van der Waals surface area contributed by atoms with Crippen molar-refractivity contribution < 1.29 is 0 Å². The molecule has 84 valence electrons. The normalized spacial score (nSPS) is 22.3. The summed E-state index contributed by atoms with van der Waals surface area (Å²) in [6.07, 6.45) is 3.99. The highest BCUT2D eigenvalue weighted by molar-refractivity contribution is 7.15. The molecule has 0 amide bonds. The van der Waals surface area contributed by atoms with E-state index in [1.165, 1.54) is 43.7 Å². The average Bonchev–Trinajstić information content (AvgIpc) is 2.78. The Morgan fingerprint density at radius 1 is 1.53 bits per heavy atom. The van der Waals surface area contributed by atoms with E-state index in [4.69, 9.17) is 5.73 Å². The number of aromatic nitrogens is 2. The molecule has 1 saturated heterocycles. The van der Waals surface area contributed by atoms with Gasteiger partial charge in [-0.15, -0.1) is 10.2 Å². The zero-order valence-corrected chi connectivity index (χ0v) is 9.96. The van der Waals surface area contributed by atoms with E-state index in [1.807, 2.05) is 0 Å². The van der Waals surface area contributed by atoms with Gasteiger partial charge in [0.05, 0.1) is 6.54 Å². The SMILES string of the molecule is CCCC1CCN(Cc2nnc(N)s2)C1. The smallest absolute Gasteiger partial charge is 0.203 e. The molecule has 1 aromatic heterocycles. The molecule has 2 rings (SSSR count). The Morgan fingerprint density at radius 3 is 3.07 bits per heavy atom. The van der Waals surface area contributed by atoms with Gasteiger partial charge in [-0.25, -0.2) is 0 Å². The number of likely N-dealkylation sites (tertiary alicyclic amines) is 1. The van der Waals surface area contributed by atoms with Crippen molar-refractivity contribution in [3.63, 3.8) is 0 Å². The van der Waals surface area contributed by atoms with Crippen molar-refractivity contribution in [2.24, 2.45) is 5.92 Å². The van der Waals surface area contributed by atoms with Crippen LogP contribution in [-0.2, 0) is 6.54 Å². The number of hydrogen-bond donors (Lipinski definition) is 1. The number of hydrogen-bond acceptors (Lipinski definition) is 5. The van der Waals surface area contributed by atoms with Gasteiger partial charge in [-0.05, 0) is 25.3 Å². The molecule has 2 heterocycles. The molecule has 1 fully saturated rings. The molecule has 0 aromatic carbocycles. The van der Waals surface area contributed by atoms with E-state index in [0.717, 1.165) is 17.5 Å². The van der Waals surface area contributed by atoms with Gasteiger partial charge < -0.3 is 5.73 Å². The van der Waals surface area contributed by atoms with Gasteiger partial charge in [0.2, 0.25) is 5.13 Å². The van der Waals surface area contributed by atoms with Gasteiger partial charge in [-0.2, -0.15) is 0 Å². The van der Waals surface area contributed by atoms with Gasteiger partial charge in [0.1, 0.15) is 5.01 Å². The first-order valence-electron chi connectivity index (χ1n) is 5.58. The fourth-order valence-corrected chi connectivity index (χ4v) is 2.87. The monoisotopic (exact) mass is 226 g/mol. The number of anilines is 1. The van der Waals surface area contributed by atoms with Gasteiger partial charge in [0.25, 0.3) is 0 Å². The minimum Gasteiger partial charge on any atom is -0.374 e. The van der Waals surface area contributed by atoms with Crippen molar-refractivity contribution >= 4 is 16.5 Å². The van der Waals surface area contributed by atoms with Crippen LogP contribution in [0.3, 0.4) is 0 Å². The lowest BCUT2D eigenvalue weighted by Gasteiger charge is -2.13. The summed E-state index contributed by atoms with van der Waals surface area (Å²) < 4.78 is 0. The molecular formula is C10H18N4S. The molecule has 0 saturated carbocycles. The van der Waals surface area contributed by atoms with Crippen molar-refractivity contribution in [3.05, 3.63) is 5.01 Å². The average molecular weight is 226 g/mol. The summed E-state index contributed by atoms with van der Waals surface area (Å²) in [5.41, 5.74) is 5.55. The van der Waals surface area contributed by atoms with Crippen LogP contribution in [0.4, 0.5) is 5.13 Å². The van der Waals surface area contributed by atoms with Crippen LogP contribution < -0.4 is 5.73 Å². The predicted molar refractivity (Wildman–Crippen MR) is 62.6 cm³/mol. The van der Waals surface area contributed by atoms with E-state index in [2.05, 4.69) is 22.0 Å². The first kappa shape index (κ1) is 10.8. The highest BCUT2D eigenvalue weighted by atomic mass is 32.1. The van der Waals surface area contributed by atoms with Gasteiger partial charge >= 0.3 is 0 Å². The number of rotatable bonds is 4. The lowest BCUT2D eigenvalue weighted by molar-refractivity contribution is 0.311. The van der Waals surface area contributed by atoms with Crippen molar-refractivity contribution in [3.8, 4) is 0 Å². The van der Waals surface area contributed by atoms with Gasteiger partial charge in [0, 0.05) is 6.54 Å². The third-order valence-corrected chi connectivity index (χ3v) is 3.65. The van der Waals surface area contributed by atoms with Crippen molar-refractivity contribution in [1.82, 2.24) is 15.1 Å². The Kier molecular flexibility index (Phi) is 3.53. The lowest BCUT2D eigenvalue weighted by atomic mass is 10.0. The van der Waals surface area contributed by atoms with E-state index in [9.17, 15) is 0 Å². The Bertz CT molecular complexity index is 312. The fourth-order valence-electron chi connectivity index (χ4n) is 2.22. The highest BCUT2D eigenvalue weighted by Crippen LogP contribution is 2.23. The number of nitrogens with zero attached hydrogens (tertiary/aromatic N) is 3. The minimum absolute atomic E-state index is 0.578. The predicted octanol–water partition coefficient (Wildman–Crippen LogP) is 1.74. The summed E-state index contributed by atoms with van der Waals surface area (Å²) in [7, 11) is 0. The van der Waals surface area contributed by atoms with E-state index >= 15 is 0 Å². The molecular weight excluding hydrogens is 208 g/mol. The molecule has 1 unspecified atom stereocenters. The molecule has 1 atom stereocenters. The van der Waals surface area contributed by atoms with Crippen molar-refractivity contribution in [2.45, 2.75) is 32.7 Å². The molecule has 15 heavy (non-hydrogen) atoms. The fraction of sp³-hybridized carbons (Fsp3) is 0.800. The molecule has 1 aliphatic heterocycles. The summed E-state index contributed by atoms with van der Waals surface area (Å²) >= 11 is 1.50. The van der Waals surface area contributed by atoms with Crippen LogP contribution in [0.15, 0.2) is 0 Å². The molecule has 1 aromatic rings. The van der Waals surface area contributed by atoms with Crippen LogP contribution in [-0.4, -0.2) is 28.2 Å². The highest BCUT2D eigenvalue weighted by Gasteiger charge is 2.22. The molecule has 1 aliphatic rings. The Labute approximate surface area is 94.5 Å². The van der Waals surface area contributed by atoms with Gasteiger partial charge in [-0.3, -0.25) is 4.90 Å². The summed E-state index contributed by atoms with van der Waals surface area (Å²) in [6.45, 7) is 5.60. The first-order valence-corrected chi connectivity index (χ1v) is 6.39. The molecule has 0 spiro atoms. The summed E-state index contributed by atoms with van der Waals surface area (Å²) in [5, 5.41) is 9.51. The Balaban J connectivity index is 1.82. The van der Waals surface area contributed by atoms with E-state index in [1.54, 1.807) is 0 Å². The largest absolute Gasteiger partial charge is 0.374 e. The second-order valence-corrected chi connectivity index (χ2v) is 5.31. The lowest BCUT2D eigenvalue weighted by Crippen LogP contribution is -2.19. The standard InChI is InChI=1S/C10H18N4S/c1-2-3-8-4-5-14(6-8)7-9-12-13-10(11)15-9/h8H,2-7H2,1H3,(H2,11,13). The van der Waals surface area contributed by atoms with Crippen LogP contribution in [0.5, 0.6) is 0 Å². The second kappa shape index (κ2) is 4.90. The minimum atomic E-state index is 0.578. The molecule has 2 N–H and O–H groups in total. The first-order chi connectivity index (χ1) is 7.28. The number of nitrogens with two attached hydrogens (primary N) is 1. The van der Waals surface area contributed by atoms with Crippen LogP contribution in [0.2, 0.25) is 0 Å². The van der Waals surface area contributed by atoms with Crippen LogP contribution >= 0.6 is 11.3 Å². The quantitative estimate of drug-likeness (QED) is 0.849. The topological polar surface area (TPSA) is 55.0 Å². The molecule has 4 nitrogen and oxygen atoms in total. The zero-order chi connectivity index (χ0) is 10.7. The van der Waals surface area contributed by atoms with E-state index < -0.39 is 0 Å². The van der Waals surface area contributed by atoms with Crippen LogP contribution in [0.1, 0.15) is 31.2 Å². The van der Waals surface area contributed by atoms with Crippen molar-refractivity contribution in [1.29, 1.82) is 0 Å². The third kappa shape index (κ3) is 2.89. The number of nitrogen functional groups attached to an aromatic ring is 1. The maximum atomic E-state index is 5.55. The molecule has 0 radical (unpaired) electrons. The summed E-state index contributed by atoms with van der Waals surface area (Å²) in [6, 6.07) is 0. The second-order valence-electron chi connectivity index (χ2n) is 4.21. The molecule has 0 bridgehead atoms. The van der Waals surface area contributed by atoms with Crippen LogP contribution in [0, 0.1) is 5.92 Å².